The Morgan fingerprint density at radius 3 is 2.52 bits per heavy atom. The molecule has 0 aliphatic rings. The van der Waals surface area contributed by atoms with E-state index in [0.717, 1.165) is 5.56 Å². The van der Waals surface area contributed by atoms with E-state index in [1.165, 1.54) is 0 Å². The van der Waals surface area contributed by atoms with E-state index in [0.29, 0.717) is 17.1 Å². The molecule has 1 rings (SSSR count). The highest BCUT2D eigenvalue weighted by molar-refractivity contribution is 9.10. The van der Waals surface area contributed by atoms with Gasteiger partial charge in [-0.25, -0.2) is 13.1 Å². The van der Waals surface area contributed by atoms with E-state index in [4.69, 9.17) is 4.74 Å². The van der Waals surface area contributed by atoms with E-state index in [-0.39, 0.29) is 17.5 Å². The van der Waals surface area contributed by atoms with Crippen molar-refractivity contribution in [1.29, 1.82) is 0 Å². The molecule has 120 valence electrons. The molecule has 0 heterocycles. The molecule has 1 unspecified atom stereocenters. The number of benzene rings is 1. The minimum absolute atomic E-state index is 0.177. The first-order valence-corrected chi connectivity index (χ1v) is 9.08. The lowest BCUT2D eigenvalue weighted by atomic mass is 10.2. The van der Waals surface area contributed by atoms with Crippen LogP contribution in [0.5, 0.6) is 0 Å². The summed E-state index contributed by atoms with van der Waals surface area (Å²) in [6, 6.07) is 5.68. The fourth-order valence-corrected chi connectivity index (χ4v) is 3.70. The van der Waals surface area contributed by atoms with E-state index in [2.05, 4.69) is 26.0 Å². The fraction of sp³-hybridized carbons (Fsp3) is 0.571. The van der Waals surface area contributed by atoms with Gasteiger partial charge in [-0.3, -0.25) is 0 Å². The fourth-order valence-electron chi connectivity index (χ4n) is 1.57. The first-order valence-electron chi connectivity index (χ1n) is 6.80. The zero-order valence-electron chi connectivity index (χ0n) is 12.8. The van der Waals surface area contributed by atoms with Crippen LogP contribution in [0.1, 0.15) is 26.3 Å². The van der Waals surface area contributed by atoms with Gasteiger partial charge < -0.3 is 10.1 Å². The van der Waals surface area contributed by atoms with Gasteiger partial charge in [-0.2, -0.15) is 0 Å². The Hall–Kier alpha value is -0.470. The second kappa shape index (κ2) is 8.24. The van der Waals surface area contributed by atoms with E-state index < -0.39 is 10.0 Å². The van der Waals surface area contributed by atoms with Crippen LogP contribution in [-0.4, -0.2) is 34.2 Å². The molecule has 0 radical (unpaired) electrons. The normalized spacial score (nSPS) is 13.6. The Labute approximate surface area is 135 Å². The summed E-state index contributed by atoms with van der Waals surface area (Å²) in [6.45, 7) is 6.76. The average molecular weight is 379 g/mol. The maximum absolute atomic E-state index is 12.3. The van der Waals surface area contributed by atoms with Gasteiger partial charge in [-0.15, -0.1) is 0 Å². The lowest BCUT2D eigenvalue weighted by Crippen LogP contribution is -2.32. The monoisotopic (exact) mass is 378 g/mol. The van der Waals surface area contributed by atoms with Gasteiger partial charge >= 0.3 is 0 Å². The van der Waals surface area contributed by atoms with Crippen molar-refractivity contribution in [2.45, 2.75) is 44.4 Å². The number of ether oxygens (including phenoxy) is 1. The number of nitrogens with one attached hydrogen (secondary N) is 2. The second-order valence-corrected chi connectivity index (χ2v) is 7.79. The molecule has 1 aromatic carbocycles. The third-order valence-corrected chi connectivity index (χ3v) is 5.38. The number of halogens is 1. The lowest BCUT2D eigenvalue weighted by Gasteiger charge is -2.14. The van der Waals surface area contributed by atoms with Gasteiger partial charge in [0.15, 0.2) is 0 Å². The minimum atomic E-state index is -3.56. The summed E-state index contributed by atoms with van der Waals surface area (Å²) in [5, 5.41) is 3.27. The van der Waals surface area contributed by atoms with Crippen LogP contribution in [0, 0.1) is 0 Å². The zero-order chi connectivity index (χ0) is 16.0. The third kappa shape index (κ3) is 6.04. The van der Waals surface area contributed by atoms with Crippen LogP contribution in [0.2, 0.25) is 0 Å². The predicted octanol–water partition coefficient (Wildman–Crippen LogP) is 2.26. The molecule has 0 bridgehead atoms. The third-order valence-electron chi connectivity index (χ3n) is 2.96. The summed E-state index contributed by atoms with van der Waals surface area (Å²) in [5.41, 5.74) is 0.923. The number of methoxy groups -OCH3 is 1. The van der Waals surface area contributed by atoms with Crippen LogP contribution >= 0.6 is 15.9 Å². The summed E-state index contributed by atoms with van der Waals surface area (Å²) < 4.78 is 32.9. The summed E-state index contributed by atoms with van der Waals surface area (Å²) in [7, 11) is -2.01. The first-order chi connectivity index (χ1) is 9.76. The largest absolute Gasteiger partial charge is 0.380 e. The molecule has 7 heteroatoms. The molecular weight excluding hydrogens is 356 g/mol. The van der Waals surface area contributed by atoms with Gasteiger partial charge in [-0.1, -0.05) is 19.9 Å². The molecular formula is C14H23BrN2O3S. The van der Waals surface area contributed by atoms with Crippen molar-refractivity contribution in [3.05, 3.63) is 28.2 Å². The van der Waals surface area contributed by atoms with Crippen molar-refractivity contribution in [3.8, 4) is 0 Å². The van der Waals surface area contributed by atoms with Crippen LogP contribution in [0.3, 0.4) is 0 Å². The molecule has 0 fully saturated rings. The van der Waals surface area contributed by atoms with Crippen LogP contribution in [-0.2, 0) is 21.3 Å². The minimum Gasteiger partial charge on any atom is -0.380 e. The van der Waals surface area contributed by atoms with Gasteiger partial charge in [0.1, 0.15) is 0 Å². The summed E-state index contributed by atoms with van der Waals surface area (Å²) >= 11 is 3.30. The molecule has 0 saturated carbocycles. The topological polar surface area (TPSA) is 67.4 Å². The van der Waals surface area contributed by atoms with E-state index in [1.807, 2.05) is 19.9 Å². The highest BCUT2D eigenvalue weighted by Gasteiger charge is 2.19. The second-order valence-electron chi connectivity index (χ2n) is 5.20. The molecule has 1 aromatic rings. The Bertz CT molecular complexity index is 561. The molecule has 0 saturated heterocycles. The smallest absolute Gasteiger partial charge is 0.241 e. The molecule has 21 heavy (non-hydrogen) atoms. The Morgan fingerprint density at radius 2 is 1.95 bits per heavy atom. The maximum Gasteiger partial charge on any atom is 0.241 e. The van der Waals surface area contributed by atoms with E-state index in [1.54, 1.807) is 26.2 Å². The molecule has 0 spiro atoms. The Kier molecular flexibility index (Phi) is 7.29. The summed E-state index contributed by atoms with van der Waals surface area (Å²) in [6.07, 6.45) is -0.177. The summed E-state index contributed by atoms with van der Waals surface area (Å²) in [4.78, 5) is 0.244. The molecule has 0 aromatic heterocycles. The molecule has 5 nitrogen and oxygen atoms in total. The number of hydrogen-bond donors (Lipinski definition) is 2. The van der Waals surface area contributed by atoms with Crippen molar-refractivity contribution >= 4 is 26.0 Å². The molecule has 1 atom stereocenters. The van der Waals surface area contributed by atoms with Gasteiger partial charge in [0.25, 0.3) is 0 Å². The van der Waals surface area contributed by atoms with Gasteiger partial charge in [-0.05, 0) is 40.5 Å². The van der Waals surface area contributed by atoms with Gasteiger partial charge in [0, 0.05) is 30.7 Å². The van der Waals surface area contributed by atoms with Crippen LogP contribution in [0.15, 0.2) is 27.6 Å². The Morgan fingerprint density at radius 1 is 1.29 bits per heavy atom. The number of rotatable bonds is 8. The molecule has 0 aliphatic carbocycles. The van der Waals surface area contributed by atoms with Crippen molar-refractivity contribution in [2.75, 3.05) is 13.7 Å². The first kappa shape index (κ1) is 18.6. The number of sulfonamides is 1. The van der Waals surface area contributed by atoms with E-state index >= 15 is 0 Å². The van der Waals surface area contributed by atoms with E-state index in [9.17, 15) is 8.42 Å². The zero-order valence-corrected chi connectivity index (χ0v) is 15.2. The van der Waals surface area contributed by atoms with Crippen LogP contribution < -0.4 is 10.0 Å². The van der Waals surface area contributed by atoms with Crippen molar-refractivity contribution in [3.63, 3.8) is 0 Å². The quantitative estimate of drug-likeness (QED) is 0.727. The van der Waals surface area contributed by atoms with Gasteiger partial charge in [0.05, 0.1) is 11.0 Å². The molecule has 0 amide bonds. The van der Waals surface area contributed by atoms with Crippen LogP contribution in [0.25, 0.3) is 0 Å². The maximum atomic E-state index is 12.3. The SMILES string of the molecule is COC(C)CNS(=O)(=O)c1cc(CNC(C)C)ccc1Br. The van der Waals surface area contributed by atoms with Crippen molar-refractivity contribution in [1.82, 2.24) is 10.0 Å². The average Bonchev–Trinajstić information content (AvgIpc) is 2.43. The highest BCUT2D eigenvalue weighted by Crippen LogP contribution is 2.23. The van der Waals surface area contributed by atoms with Crippen molar-refractivity contribution in [2.24, 2.45) is 0 Å². The summed E-state index contributed by atoms with van der Waals surface area (Å²) in [5.74, 6) is 0. The number of hydrogen-bond acceptors (Lipinski definition) is 4. The molecule has 2 N–H and O–H groups in total. The highest BCUT2D eigenvalue weighted by atomic mass is 79.9. The van der Waals surface area contributed by atoms with Crippen molar-refractivity contribution < 1.29 is 13.2 Å². The van der Waals surface area contributed by atoms with Gasteiger partial charge in [0.2, 0.25) is 10.0 Å². The standard InChI is InChI=1S/C14H23BrN2O3S/c1-10(2)16-9-12-5-6-13(15)14(7-12)21(18,19)17-8-11(3)20-4/h5-7,10-11,16-17H,8-9H2,1-4H3. The van der Waals surface area contributed by atoms with Crippen LogP contribution in [0.4, 0.5) is 0 Å². The predicted molar refractivity (Wildman–Crippen MR) is 87.8 cm³/mol. The lowest BCUT2D eigenvalue weighted by molar-refractivity contribution is 0.122. The Balaban J connectivity index is 2.91. The molecule has 0 aliphatic heterocycles.